The average molecular weight is 548 g/mol. The number of benzene rings is 3. The molecule has 0 radical (unpaired) electrons. The minimum atomic E-state index is -0.306. The van der Waals surface area contributed by atoms with Crippen LogP contribution in [-0.4, -0.2) is 43.0 Å². The van der Waals surface area contributed by atoms with E-state index in [1.807, 2.05) is 54.3 Å². The van der Waals surface area contributed by atoms with Crippen LogP contribution in [0.15, 0.2) is 77.4 Å². The van der Waals surface area contributed by atoms with Crippen molar-refractivity contribution in [1.82, 2.24) is 0 Å². The molecule has 0 saturated heterocycles. The number of amidine groups is 1. The fourth-order valence-corrected chi connectivity index (χ4v) is 5.67. The van der Waals surface area contributed by atoms with Crippen molar-refractivity contribution in [3.8, 4) is 11.5 Å². The Morgan fingerprint density at radius 1 is 1.11 bits per heavy atom. The lowest BCUT2D eigenvalue weighted by atomic mass is 10.1. The zero-order valence-electron chi connectivity index (χ0n) is 21.2. The van der Waals surface area contributed by atoms with Crippen LogP contribution in [-0.2, 0) is 16.0 Å². The van der Waals surface area contributed by atoms with Crippen LogP contribution in [0.3, 0.4) is 0 Å². The summed E-state index contributed by atoms with van der Waals surface area (Å²) in [5.41, 5.74) is 3.71. The van der Waals surface area contributed by atoms with Crippen LogP contribution in [0.4, 0.5) is 11.4 Å². The largest absolute Gasteiger partial charge is 0.497 e. The third kappa shape index (κ3) is 5.01. The molecule has 3 aromatic carbocycles. The van der Waals surface area contributed by atoms with Crippen LogP contribution in [0.2, 0.25) is 5.02 Å². The lowest BCUT2D eigenvalue weighted by Gasteiger charge is -2.23. The maximum atomic E-state index is 13.6. The molecule has 1 unspecified atom stereocenters. The van der Waals surface area contributed by atoms with Gasteiger partial charge in [-0.05, 0) is 60.9 Å². The molecule has 0 N–H and O–H groups in total. The highest BCUT2D eigenvalue weighted by Crippen LogP contribution is 2.36. The molecule has 2 aliphatic rings. The highest BCUT2D eigenvalue weighted by Gasteiger charge is 2.35. The van der Waals surface area contributed by atoms with Crippen molar-refractivity contribution in [2.45, 2.75) is 19.4 Å². The Hall–Kier alpha value is -3.75. The number of anilines is 2. The van der Waals surface area contributed by atoms with Gasteiger partial charge in [0.25, 0.3) is 5.91 Å². The van der Waals surface area contributed by atoms with Crippen molar-refractivity contribution in [2.75, 3.05) is 29.8 Å². The summed E-state index contributed by atoms with van der Waals surface area (Å²) in [6, 6.07) is 20.5. The van der Waals surface area contributed by atoms with E-state index in [2.05, 4.69) is 11.1 Å². The molecule has 0 saturated carbocycles. The van der Waals surface area contributed by atoms with Crippen molar-refractivity contribution in [1.29, 1.82) is 0 Å². The summed E-state index contributed by atoms with van der Waals surface area (Å²) in [6.45, 7) is 2.04. The van der Waals surface area contributed by atoms with E-state index < -0.39 is 0 Å². The number of halogens is 1. The van der Waals surface area contributed by atoms with Gasteiger partial charge in [0, 0.05) is 17.8 Å². The zero-order valence-corrected chi connectivity index (χ0v) is 22.8. The molecule has 9 heteroatoms. The predicted molar refractivity (Wildman–Crippen MR) is 153 cm³/mol. The summed E-state index contributed by atoms with van der Waals surface area (Å²) < 4.78 is 10.6. The molecular formula is C29H26ClN3O4S. The molecule has 2 heterocycles. The van der Waals surface area contributed by atoms with E-state index in [4.69, 9.17) is 21.1 Å². The lowest BCUT2D eigenvalue weighted by molar-refractivity contribution is -0.116. The number of para-hydroxylation sites is 1. The lowest BCUT2D eigenvalue weighted by Crippen LogP contribution is -2.38. The van der Waals surface area contributed by atoms with Gasteiger partial charge >= 0.3 is 0 Å². The second-order valence-electron chi connectivity index (χ2n) is 8.89. The first-order valence-corrected chi connectivity index (χ1v) is 13.4. The fraction of sp³-hybridized carbons (Fsp3) is 0.207. The first-order chi connectivity index (χ1) is 18.4. The second-order valence-corrected chi connectivity index (χ2v) is 10.2. The van der Waals surface area contributed by atoms with Crippen LogP contribution < -0.4 is 19.3 Å². The predicted octanol–water partition coefficient (Wildman–Crippen LogP) is 5.81. The fourth-order valence-electron chi connectivity index (χ4n) is 4.61. The highest BCUT2D eigenvalue weighted by atomic mass is 35.5. The normalized spacial score (nSPS) is 17.6. The Balaban J connectivity index is 1.44. The molecule has 2 amide bonds. The summed E-state index contributed by atoms with van der Waals surface area (Å²) in [5, 5.41) is 0.840. The minimum Gasteiger partial charge on any atom is -0.497 e. The van der Waals surface area contributed by atoms with Crippen LogP contribution in [0.1, 0.15) is 18.1 Å². The van der Waals surface area contributed by atoms with Crippen LogP contribution in [0.5, 0.6) is 11.5 Å². The van der Waals surface area contributed by atoms with E-state index in [9.17, 15) is 9.59 Å². The van der Waals surface area contributed by atoms with Gasteiger partial charge in [-0.1, -0.05) is 53.7 Å². The smallest absolute Gasteiger partial charge is 0.283 e. The van der Waals surface area contributed by atoms with E-state index in [1.165, 1.54) is 23.8 Å². The average Bonchev–Trinajstić information content (AvgIpc) is 3.43. The Labute approximate surface area is 230 Å². The first kappa shape index (κ1) is 25.9. The van der Waals surface area contributed by atoms with Crippen molar-refractivity contribution in [3.63, 3.8) is 0 Å². The molecule has 3 aromatic rings. The number of hydrogen-bond donors (Lipinski definition) is 0. The number of nitrogens with zero attached hydrogens (tertiary/aromatic N) is 3. The van der Waals surface area contributed by atoms with E-state index in [0.29, 0.717) is 21.6 Å². The van der Waals surface area contributed by atoms with Gasteiger partial charge in [-0.3, -0.25) is 14.5 Å². The number of hydrogen-bond acceptors (Lipinski definition) is 6. The third-order valence-electron chi connectivity index (χ3n) is 6.44. The van der Waals surface area contributed by atoms with Crippen molar-refractivity contribution >= 4 is 57.8 Å². The van der Waals surface area contributed by atoms with Gasteiger partial charge in [0.1, 0.15) is 17.2 Å². The maximum Gasteiger partial charge on any atom is 0.283 e. The molecule has 194 valence electrons. The quantitative estimate of drug-likeness (QED) is 0.364. The summed E-state index contributed by atoms with van der Waals surface area (Å²) in [6.07, 6.45) is 2.54. The number of ether oxygens (including phenoxy) is 2. The van der Waals surface area contributed by atoms with Crippen molar-refractivity contribution in [2.24, 2.45) is 4.99 Å². The minimum absolute atomic E-state index is 0.0381. The summed E-state index contributed by atoms with van der Waals surface area (Å²) in [7, 11) is 3.12. The first-order valence-electron chi connectivity index (χ1n) is 12.0. The molecular weight excluding hydrogens is 522 g/mol. The van der Waals surface area contributed by atoms with Gasteiger partial charge < -0.3 is 14.4 Å². The number of methoxy groups -OCH3 is 2. The Bertz CT molecular complexity index is 1450. The van der Waals surface area contributed by atoms with Gasteiger partial charge in [0.2, 0.25) is 5.91 Å². The molecule has 0 aliphatic carbocycles. The SMILES string of the molecule is COc1ccc(C=C2N=C(SCC(=O)N3c4ccccc4CC3C)N(c3ccc(Cl)c(OC)c3)C2=O)cc1. The van der Waals surface area contributed by atoms with Crippen LogP contribution in [0, 0.1) is 0 Å². The van der Waals surface area contributed by atoms with Crippen LogP contribution in [0.25, 0.3) is 6.08 Å². The second kappa shape index (κ2) is 10.9. The van der Waals surface area contributed by atoms with Crippen LogP contribution >= 0.6 is 23.4 Å². The molecule has 5 rings (SSSR count). The topological polar surface area (TPSA) is 71.4 Å². The van der Waals surface area contributed by atoms with Gasteiger partial charge in [-0.2, -0.15) is 0 Å². The summed E-state index contributed by atoms with van der Waals surface area (Å²) in [5.74, 6) is 0.939. The van der Waals surface area contributed by atoms with Gasteiger partial charge in [0.05, 0.1) is 30.7 Å². The van der Waals surface area contributed by atoms with E-state index >= 15 is 0 Å². The van der Waals surface area contributed by atoms with Gasteiger partial charge in [-0.15, -0.1) is 0 Å². The number of carbonyl (C=O) groups excluding carboxylic acids is 2. The molecule has 0 spiro atoms. The Morgan fingerprint density at radius 2 is 1.87 bits per heavy atom. The van der Waals surface area contributed by atoms with Crippen molar-refractivity contribution in [3.05, 3.63) is 88.6 Å². The summed E-state index contributed by atoms with van der Waals surface area (Å²) >= 11 is 7.46. The monoisotopic (exact) mass is 547 g/mol. The zero-order chi connectivity index (χ0) is 26.8. The molecule has 1 atom stereocenters. The molecule has 0 fully saturated rings. The van der Waals surface area contributed by atoms with Gasteiger partial charge in [0.15, 0.2) is 5.17 Å². The third-order valence-corrected chi connectivity index (χ3v) is 7.68. The van der Waals surface area contributed by atoms with E-state index in [0.717, 1.165) is 29.0 Å². The molecule has 0 aromatic heterocycles. The van der Waals surface area contributed by atoms with E-state index in [-0.39, 0.29) is 29.3 Å². The number of rotatable bonds is 6. The molecule has 2 aliphatic heterocycles. The molecule has 0 bridgehead atoms. The Morgan fingerprint density at radius 3 is 2.61 bits per heavy atom. The molecule has 7 nitrogen and oxygen atoms in total. The van der Waals surface area contributed by atoms with E-state index in [1.54, 1.807) is 31.4 Å². The van der Waals surface area contributed by atoms with Gasteiger partial charge in [-0.25, -0.2) is 4.99 Å². The Kier molecular flexibility index (Phi) is 7.44. The number of carbonyl (C=O) groups is 2. The number of fused-ring (bicyclic) bond motifs is 1. The highest BCUT2D eigenvalue weighted by molar-refractivity contribution is 8.14. The molecule has 38 heavy (non-hydrogen) atoms. The number of aliphatic imine (C=N–C) groups is 1. The summed E-state index contributed by atoms with van der Waals surface area (Å²) in [4.78, 5) is 34.9. The standard InChI is InChI=1S/C29H26ClN3O4S/c1-18-14-20-6-4-5-7-25(20)32(18)27(34)17-38-29-31-24(15-19-8-11-22(36-2)12-9-19)28(35)33(29)21-10-13-23(30)26(16-21)37-3/h4-13,15-16,18H,14,17H2,1-3H3. The maximum absolute atomic E-state index is 13.6. The van der Waals surface area contributed by atoms with Crippen molar-refractivity contribution < 1.29 is 19.1 Å². The number of thioether (sulfide) groups is 1. The number of amides is 2.